The summed E-state index contributed by atoms with van der Waals surface area (Å²) in [6, 6.07) is 8.34. The number of aryl methyl sites for hydroxylation is 1. The van der Waals surface area contributed by atoms with E-state index in [2.05, 4.69) is 5.32 Å². The van der Waals surface area contributed by atoms with Crippen LogP contribution in [-0.2, 0) is 9.59 Å². The highest BCUT2D eigenvalue weighted by atomic mass is 19.1. The molecule has 2 aromatic rings. The molecule has 0 aromatic heterocycles. The van der Waals surface area contributed by atoms with Gasteiger partial charge in [0.1, 0.15) is 24.2 Å². The first-order valence-corrected chi connectivity index (χ1v) is 8.24. The molecule has 2 aromatic carbocycles. The van der Waals surface area contributed by atoms with Crippen LogP contribution in [0.25, 0.3) is 0 Å². The summed E-state index contributed by atoms with van der Waals surface area (Å²) in [5, 5.41) is 2.24. The maximum Gasteiger partial charge on any atom is 0.332 e. The smallest absolute Gasteiger partial charge is 0.322 e. The van der Waals surface area contributed by atoms with Gasteiger partial charge < -0.3 is 5.32 Å². The van der Waals surface area contributed by atoms with Crippen molar-refractivity contribution in [3.63, 3.8) is 0 Å². The molecular formula is C19H17F2N3O3. The van der Waals surface area contributed by atoms with E-state index in [-0.39, 0.29) is 5.69 Å². The molecule has 140 valence electrons. The standard InChI is InChI=1S/C19H17F2N3O3/c1-11-3-6-14(7-4-11)24-12(2)18(26)23(19(24)27)10-17(25)22-16-8-5-13(20)9-15(16)21/h3-9,12H,10H2,1-2H3,(H,22,25). The summed E-state index contributed by atoms with van der Waals surface area (Å²) in [6.45, 7) is 2.90. The maximum absolute atomic E-state index is 13.6. The molecule has 1 aliphatic rings. The molecule has 0 radical (unpaired) electrons. The number of anilines is 2. The van der Waals surface area contributed by atoms with Crippen molar-refractivity contribution in [2.24, 2.45) is 0 Å². The van der Waals surface area contributed by atoms with Gasteiger partial charge in [0.2, 0.25) is 5.91 Å². The number of halogens is 2. The molecule has 1 unspecified atom stereocenters. The number of hydrogen-bond acceptors (Lipinski definition) is 3. The van der Waals surface area contributed by atoms with Crippen LogP contribution < -0.4 is 10.2 Å². The molecule has 0 aliphatic carbocycles. The Bertz CT molecular complexity index is 915. The molecule has 8 heteroatoms. The average molecular weight is 373 g/mol. The summed E-state index contributed by atoms with van der Waals surface area (Å²) in [4.78, 5) is 39.3. The van der Waals surface area contributed by atoms with Crippen molar-refractivity contribution in [1.29, 1.82) is 0 Å². The van der Waals surface area contributed by atoms with E-state index in [1.54, 1.807) is 19.1 Å². The molecule has 0 bridgehead atoms. The van der Waals surface area contributed by atoms with Crippen LogP contribution in [0.3, 0.4) is 0 Å². The Labute approximate surface area is 154 Å². The number of carbonyl (C=O) groups is 3. The van der Waals surface area contributed by atoms with E-state index in [1.807, 2.05) is 19.1 Å². The zero-order valence-electron chi connectivity index (χ0n) is 14.7. The second kappa shape index (κ2) is 7.14. The van der Waals surface area contributed by atoms with E-state index in [4.69, 9.17) is 0 Å². The minimum Gasteiger partial charge on any atom is -0.322 e. The molecular weight excluding hydrogens is 356 g/mol. The third kappa shape index (κ3) is 3.64. The Morgan fingerprint density at radius 1 is 1.11 bits per heavy atom. The number of benzene rings is 2. The Morgan fingerprint density at radius 2 is 1.78 bits per heavy atom. The van der Waals surface area contributed by atoms with Crippen molar-refractivity contribution in [1.82, 2.24) is 4.90 Å². The van der Waals surface area contributed by atoms with E-state index < -0.39 is 42.1 Å². The molecule has 27 heavy (non-hydrogen) atoms. The van der Waals surface area contributed by atoms with Crippen molar-refractivity contribution in [3.8, 4) is 0 Å². The van der Waals surface area contributed by atoms with Gasteiger partial charge in [-0.1, -0.05) is 17.7 Å². The Kier molecular flexibility index (Phi) is 4.89. The lowest BCUT2D eigenvalue weighted by atomic mass is 10.2. The molecule has 1 heterocycles. The Balaban J connectivity index is 1.74. The van der Waals surface area contributed by atoms with E-state index in [0.717, 1.165) is 22.6 Å². The topological polar surface area (TPSA) is 69.7 Å². The normalized spacial score (nSPS) is 16.8. The van der Waals surface area contributed by atoms with Gasteiger partial charge in [-0.2, -0.15) is 0 Å². The van der Waals surface area contributed by atoms with Gasteiger partial charge in [-0.25, -0.2) is 13.6 Å². The van der Waals surface area contributed by atoms with Crippen LogP contribution in [0.15, 0.2) is 42.5 Å². The minimum absolute atomic E-state index is 0.232. The highest BCUT2D eigenvalue weighted by Gasteiger charge is 2.44. The van der Waals surface area contributed by atoms with Gasteiger partial charge in [-0.3, -0.25) is 19.4 Å². The summed E-state index contributed by atoms with van der Waals surface area (Å²) < 4.78 is 26.6. The maximum atomic E-state index is 13.6. The molecule has 1 N–H and O–H groups in total. The second-order valence-electron chi connectivity index (χ2n) is 6.26. The highest BCUT2D eigenvalue weighted by molar-refractivity contribution is 6.16. The van der Waals surface area contributed by atoms with Gasteiger partial charge in [0.15, 0.2) is 0 Å². The second-order valence-corrected chi connectivity index (χ2v) is 6.26. The molecule has 3 rings (SSSR count). The first-order chi connectivity index (χ1) is 12.8. The average Bonchev–Trinajstić information content (AvgIpc) is 2.82. The van der Waals surface area contributed by atoms with E-state index in [9.17, 15) is 23.2 Å². The molecule has 1 aliphatic heterocycles. The van der Waals surface area contributed by atoms with Crippen molar-refractivity contribution in [3.05, 3.63) is 59.7 Å². The molecule has 6 nitrogen and oxygen atoms in total. The van der Waals surface area contributed by atoms with Gasteiger partial charge >= 0.3 is 6.03 Å². The van der Waals surface area contributed by atoms with Crippen LogP contribution >= 0.6 is 0 Å². The predicted molar refractivity (Wildman–Crippen MR) is 95.2 cm³/mol. The quantitative estimate of drug-likeness (QED) is 0.838. The van der Waals surface area contributed by atoms with Crippen molar-refractivity contribution in [2.75, 3.05) is 16.8 Å². The van der Waals surface area contributed by atoms with Gasteiger partial charge in [0.25, 0.3) is 5.91 Å². The predicted octanol–water partition coefficient (Wildman–Crippen LogP) is 3.07. The van der Waals surface area contributed by atoms with Crippen LogP contribution in [0.4, 0.5) is 25.0 Å². The summed E-state index contributed by atoms with van der Waals surface area (Å²) >= 11 is 0. The zero-order chi connectivity index (χ0) is 19.7. The number of hydrogen-bond donors (Lipinski definition) is 1. The Hall–Kier alpha value is -3.29. The largest absolute Gasteiger partial charge is 0.332 e. The highest BCUT2D eigenvalue weighted by Crippen LogP contribution is 2.26. The summed E-state index contributed by atoms with van der Waals surface area (Å²) in [5.74, 6) is -3.02. The van der Waals surface area contributed by atoms with E-state index in [0.29, 0.717) is 11.8 Å². The lowest BCUT2D eigenvalue weighted by Gasteiger charge is -2.19. The zero-order valence-corrected chi connectivity index (χ0v) is 14.7. The van der Waals surface area contributed by atoms with Crippen LogP contribution in [0, 0.1) is 18.6 Å². The number of imide groups is 1. The fourth-order valence-electron chi connectivity index (χ4n) is 2.84. The third-order valence-corrected chi connectivity index (χ3v) is 4.27. The summed E-state index contributed by atoms with van der Waals surface area (Å²) in [6.07, 6.45) is 0. The molecule has 1 saturated heterocycles. The molecule has 1 fully saturated rings. The van der Waals surface area contributed by atoms with Gasteiger partial charge in [-0.05, 0) is 38.1 Å². The summed E-state index contributed by atoms with van der Waals surface area (Å²) in [7, 11) is 0. The fraction of sp³-hybridized carbons (Fsp3) is 0.211. The summed E-state index contributed by atoms with van der Waals surface area (Å²) in [5.41, 5.74) is 1.31. The number of rotatable bonds is 4. The number of nitrogens with zero attached hydrogens (tertiary/aromatic N) is 2. The van der Waals surface area contributed by atoms with Crippen LogP contribution in [0.5, 0.6) is 0 Å². The number of nitrogens with one attached hydrogen (secondary N) is 1. The van der Waals surface area contributed by atoms with Crippen molar-refractivity contribution in [2.45, 2.75) is 19.9 Å². The van der Waals surface area contributed by atoms with Gasteiger partial charge in [0.05, 0.1) is 5.69 Å². The first kappa shape index (κ1) is 18.5. The molecule has 4 amide bonds. The SMILES string of the molecule is Cc1ccc(N2C(=O)N(CC(=O)Nc3ccc(F)cc3F)C(=O)C2C)cc1. The third-order valence-electron chi connectivity index (χ3n) is 4.27. The van der Waals surface area contributed by atoms with Gasteiger partial charge in [0, 0.05) is 11.8 Å². The monoisotopic (exact) mass is 373 g/mol. The van der Waals surface area contributed by atoms with Crippen LogP contribution in [-0.4, -0.2) is 35.3 Å². The van der Waals surface area contributed by atoms with Crippen molar-refractivity contribution < 1.29 is 23.2 Å². The van der Waals surface area contributed by atoms with Gasteiger partial charge in [-0.15, -0.1) is 0 Å². The van der Waals surface area contributed by atoms with Crippen molar-refractivity contribution >= 4 is 29.2 Å². The lowest BCUT2D eigenvalue weighted by Crippen LogP contribution is -2.39. The number of carbonyl (C=O) groups excluding carboxylic acids is 3. The molecule has 0 spiro atoms. The van der Waals surface area contributed by atoms with E-state index >= 15 is 0 Å². The molecule has 0 saturated carbocycles. The van der Waals surface area contributed by atoms with Crippen LogP contribution in [0.1, 0.15) is 12.5 Å². The first-order valence-electron chi connectivity index (χ1n) is 8.24. The minimum atomic E-state index is -0.947. The van der Waals surface area contributed by atoms with E-state index in [1.165, 1.54) is 4.90 Å². The molecule has 1 atom stereocenters. The number of urea groups is 1. The Morgan fingerprint density at radius 3 is 2.41 bits per heavy atom. The van der Waals surface area contributed by atoms with Crippen LogP contribution in [0.2, 0.25) is 0 Å². The number of amides is 4. The fourth-order valence-corrected chi connectivity index (χ4v) is 2.84. The lowest BCUT2D eigenvalue weighted by molar-refractivity contribution is -0.130.